The normalized spacial score (nSPS) is 21.6. The van der Waals surface area contributed by atoms with Crippen molar-refractivity contribution >= 4 is 11.9 Å². The van der Waals surface area contributed by atoms with Crippen LogP contribution in [0.4, 0.5) is 13.2 Å². The minimum atomic E-state index is -2.92. The lowest BCUT2D eigenvalue weighted by Gasteiger charge is -2.43. The highest BCUT2D eigenvalue weighted by Crippen LogP contribution is 2.42. The second-order valence-electron chi connectivity index (χ2n) is 7.08. The minimum Gasteiger partial charge on any atom is -0.478 e. The van der Waals surface area contributed by atoms with Crippen molar-refractivity contribution in [3.8, 4) is 0 Å². The fourth-order valence-electron chi connectivity index (χ4n) is 3.84. The van der Waals surface area contributed by atoms with E-state index >= 15 is 0 Å². The van der Waals surface area contributed by atoms with Crippen LogP contribution in [0.15, 0.2) is 42.5 Å². The first kappa shape index (κ1) is 18.5. The number of hydrazine groups is 1. The molecule has 5 nitrogen and oxygen atoms in total. The number of halogens is 3. The van der Waals surface area contributed by atoms with E-state index in [9.17, 15) is 22.8 Å². The highest BCUT2D eigenvalue weighted by atomic mass is 19.3. The molecule has 2 heterocycles. The predicted molar refractivity (Wildman–Crippen MR) is 93.3 cm³/mol. The van der Waals surface area contributed by atoms with Crippen LogP contribution in [0, 0.1) is 5.82 Å². The average molecular weight is 390 g/mol. The molecule has 2 aromatic carbocycles. The van der Waals surface area contributed by atoms with E-state index in [2.05, 4.69) is 0 Å². The van der Waals surface area contributed by atoms with Crippen molar-refractivity contribution in [3.05, 3.63) is 70.5 Å². The summed E-state index contributed by atoms with van der Waals surface area (Å²) in [5.41, 5.74) is 1.23. The number of carbonyl (C=O) groups excluding carboxylic acids is 1. The second kappa shape index (κ2) is 6.63. The van der Waals surface area contributed by atoms with Crippen LogP contribution < -0.4 is 0 Å². The van der Waals surface area contributed by atoms with Crippen molar-refractivity contribution in [1.29, 1.82) is 0 Å². The fourth-order valence-corrected chi connectivity index (χ4v) is 3.84. The van der Waals surface area contributed by atoms with Crippen LogP contribution in [0.2, 0.25) is 0 Å². The van der Waals surface area contributed by atoms with Gasteiger partial charge < -0.3 is 5.11 Å². The minimum absolute atomic E-state index is 0.0131. The monoisotopic (exact) mass is 390 g/mol. The first-order valence-corrected chi connectivity index (χ1v) is 8.83. The molecule has 1 fully saturated rings. The largest absolute Gasteiger partial charge is 0.478 e. The van der Waals surface area contributed by atoms with Crippen molar-refractivity contribution in [2.24, 2.45) is 0 Å². The molecule has 0 aliphatic carbocycles. The molecule has 1 saturated heterocycles. The topological polar surface area (TPSA) is 60.9 Å². The van der Waals surface area contributed by atoms with Gasteiger partial charge in [0.1, 0.15) is 5.82 Å². The zero-order valence-corrected chi connectivity index (χ0v) is 14.7. The zero-order chi connectivity index (χ0) is 20.1. The zero-order valence-electron chi connectivity index (χ0n) is 14.7. The number of hydrogen-bond acceptors (Lipinski definition) is 3. The van der Waals surface area contributed by atoms with Crippen LogP contribution in [-0.4, -0.2) is 39.5 Å². The van der Waals surface area contributed by atoms with E-state index < -0.39 is 42.5 Å². The summed E-state index contributed by atoms with van der Waals surface area (Å²) in [6.45, 7) is 0.0884. The molecule has 0 bridgehead atoms. The van der Waals surface area contributed by atoms with Gasteiger partial charge in [0.2, 0.25) is 0 Å². The molecule has 0 aromatic heterocycles. The quantitative estimate of drug-likeness (QED) is 0.865. The third kappa shape index (κ3) is 3.24. The van der Waals surface area contributed by atoms with Gasteiger partial charge in [0.15, 0.2) is 0 Å². The van der Waals surface area contributed by atoms with E-state index in [0.29, 0.717) is 11.1 Å². The highest BCUT2D eigenvalue weighted by Gasteiger charge is 2.45. The summed E-state index contributed by atoms with van der Waals surface area (Å²) in [7, 11) is 0. The average Bonchev–Trinajstić information content (AvgIpc) is 2.97. The Labute approximate surface area is 159 Å². The molecule has 8 heteroatoms. The Bertz CT molecular complexity index is 963. The number of carboxylic acids is 1. The van der Waals surface area contributed by atoms with E-state index in [0.717, 1.165) is 0 Å². The summed E-state index contributed by atoms with van der Waals surface area (Å²) in [5, 5.41) is 12.0. The molecular formula is C20H17F3N2O3. The first-order valence-electron chi connectivity index (χ1n) is 8.83. The maximum absolute atomic E-state index is 14.1. The SMILES string of the molecule is O=C(O)c1ccc2c(c1)C(=O)N(N1CCC(F)(F)C[C@H]1c1cccc(F)c1)C2. The van der Waals surface area contributed by atoms with Crippen molar-refractivity contribution < 1.29 is 27.9 Å². The number of piperidine rings is 1. The van der Waals surface area contributed by atoms with E-state index in [1.54, 1.807) is 17.1 Å². The molecule has 1 N–H and O–H groups in total. The van der Waals surface area contributed by atoms with Crippen LogP contribution >= 0.6 is 0 Å². The Hall–Kier alpha value is -2.87. The lowest BCUT2D eigenvalue weighted by molar-refractivity contribution is -0.136. The van der Waals surface area contributed by atoms with Crippen molar-refractivity contribution in [2.75, 3.05) is 6.54 Å². The highest BCUT2D eigenvalue weighted by molar-refractivity contribution is 6.00. The van der Waals surface area contributed by atoms with Gasteiger partial charge in [-0.1, -0.05) is 18.2 Å². The number of nitrogens with zero attached hydrogens (tertiary/aromatic N) is 2. The number of carboxylic acid groups (broad SMARTS) is 1. The van der Waals surface area contributed by atoms with E-state index in [4.69, 9.17) is 5.11 Å². The number of amides is 1. The van der Waals surface area contributed by atoms with Gasteiger partial charge in [-0.25, -0.2) is 23.0 Å². The van der Waals surface area contributed by atoms with Gasteiger partial charge >= 0.3 is 5.97 Å². The Morgan fingerprint density at radius 3 is 2.68 bits per heavy atom. The van der Waals surface area contributed by atoms with Gasteiger partial charge in [-0.15, -0.1) is 0 Å². The summed E-state index contributed by atoms with van der Waals surface area (Å²) in [6.07, 6.45) is -0.948. The molecule has 2 aromatic rings. The van der Waals surface area contributed by atoms with E-state index in [1.165, 1.54) is 35.3 Å². The maximum Gasteiger partial charge on any atom is 0.335 e. The smallest absolute Gasteiger partial charge is 0.335 e. The molecule has 2 aliphatic heterocycles. The van der Waals surface area contributed by atoms with Crippen molar-refractivity contribution in [3.63, 3.8) is 0 Å². The van der Waals surface area contributed by atoms with Crippen LogP contribution in [0.5, 0.6) is 0 Å². The van der Waals surface area contributed by atoms with Gasteiger partial charge in [-0.2, -0.15) is 0 Å². The van der Waals surface area contributed by atoms with Crippen LogP contribution in [-0.2, 0) is 6.54 Å². The van der Waals surface area contributed by atoms with E-state index in [1.807, 2.05) is 0 Å². The molecule has 28 heavy (non-hydrogen) atoms. The Morgan fingerprint density at radius 1 is 1.18 bits per heavy atom. The maximum atomic E-state index is 14.1. The summed E-state index contributed by atoms with van der Waals surface area (Å²) in [6, 6.07) is 8.87. The van der Waals surface area contributed by atoms with Crippen LogP contribution in [0.1, 0.15) is 50.7 Å². The molecule has 4 rings (SSSR count). The number of rotatable bonds is 3. The fraction of sp³-hybridized carbons (Fsp3) is 0.300. The molecule has 0 unspecified atom stereocenters. The first-order chi connectivity index (χ1) is 13.2. The molecule has 0 radical (unpaired) electrons. The lowest BCUT2D eigenvalue weighted by Crippen LogP contribution is -2.51. The van der Waals surface area contributed by atoms with Gasteiger partial charge in [0, 0.05) is 24.9 Å². The Balaban J connectivity index is 1.68. The number of hydrogen-bond donors (Lipinski definition) is 1. The van der Waals surface area contributed by atoms with Gasteiger partial charge in [-0.3, -0.25) is 9.80 Å². The second-order valence-corrected chi connectivity index (χ2v) is 7.08. The number of carbonyl (C=O) groups is 2. The molecule has 0 spiro atoms. The third-order valence-electron chi connectivity index (χ3n) is 5.24. The number of fused-ring (bicyclic) bond motifs is 1. The number of aromatic carboxylic acids is 1. The standard InChI is InChI=1S/C20H17F3N2O3/c21-15-3-1-2-12(8-15)17-10-20(22,23)6-7-24(17)25-11-14-5-4-13(19(27)28)9-16(14)18(25)26/h1-5,8-9,17H,6-7,10-11H2,(H,27,28)/t17-/m0/s1. The van der Waals surface area contributed by atoms with Gasteiger partial charge in [0.05, 0.1) is 18.2 Å². The molecule has 0 saturated carbocycles. The van der Waals surface area contributed by atoms with Gasteiger partial charge in [0.25, 0.3) is 11.8 Å². The van der Waals surface area contributed by atoms with Crippen LogP contribution in [0.25, 0.3) is 0 Å². The summed E-state index contributed by atoms with van der Waals surface area (Å²) >= 11 is 0. The van der Waals surface area contributed by atoms with Crippen LogP contribution in [0.3, 0.4) is 0 Å². The third-order valence-corrected chi connectivity index (χ3v) is 5.24. The number of benzene rings is 2. The molecule has 1 amide bonds. The molecule has 2 aliphatic rings. The summed E-state index contributed by atoms with van der Waals surface area (Å²) < 4.78 is 41.9. The lowest BCUT2D eigenvalue weighted by atomic mass is 9.94. The summed E-state index contributed by atoms with van der Waals surface area (Å²) in [5.74, 6) is -5.04. The molecule has 1 atom stereocenters. The van der Waals surface area contributed by atoms with E-state index in [-0.39, 0.29) is 24.2 Å². The number of alkyl halides is 2. The van der Waals surface area contributed by atoms with Gasteiger partial charge in [-0.05, 0) is 35.4 Å². The predicted octanol–water partition coefficient (Wildman–Crippen LogP) is 3.87. The molecular weight excluding hydrogens is 373 g/mol. The molecule has 146 valence electrons. The van der Waals surface area contributed by atoms with Crippen molar-refractivity contribution in [2.45, 2.75) is 31.4 Å². The Kier molecular flexibility index (Phi) is 4.38. The summed E-state index contributed by atoms with van der Waals surface area (Å²) in [4.78, 5) is 24.1. The van der Waals surface area contributed by atoms with Crippen molar-refractivity contribution in [1.82, 2.24) is 10.0 Å². The Morgan fingerprint density at radius 2 is 1.96 bits per heavy atom.